The van der Waals surface area contributed by atoms with Crippen LogP contribution in [0.25, 0.3) is 0 Å². The molecule has 22 heavy (non-hydrogen) atoms. The molecule has 1 rings (SSSR count). The van der Waals surface area contributed by atoms with Crippen molar-refractivity contribution in [3.63, 3.8) is 0 Å². The number of nitrogens with one attached hydrogen (secondary N) is 2. The Hall–Kier alpha value is -1.46. The molecule has 2 atom stereocenters. The Balaban J connectivity index is 2.47. The third-order valence-electron chi connectivity index (χ3n) is 3.50. The Morgan fingerprint density at radius 1 is 1.41 bits per heavy atom. The van der Waals surface area contributed by atoms with Gasteiger partial charge in [-0.25, -0.2) is 4.79 Å². The molecule has 0 aliphatic heterocycles. The molecule has 5 nitrogen and oxygen atoms in total. The maximum atomic E-state index is 11.8. The van der Waals surface area contributed by atoms with E-state index in [9.17, 15) is 4.79 Å². The SMILES string of the molecule is CCOc1ccc(Cl)cc1CCNC(=O)NC(C)C(C)CO. The summed E-state index contributed by atoms with van der Waals surface area (Å²) < 4.78 is 5.55. The lowest BCUT2D eigenvalue weighted by molar-refractivity contribution is 0.200. The predicted molar refractivity (Wildman–Crippen MR) is 88.6 cm³/mol. The maximum absolute atomic E-state index is 11.8. The molecule has 0 aliphatic carbocycles. The van der Waals surface area contributed by atoms with Crippen LogP contribution in [0.2, 0.25) is 5.02 Å². The zero-order chi connectivity index (χ0) is 16.5. The molecule has 0 radical (unpaired) electrons. The number of aliphatic hydroxyl groups is 1. The second-order valence-electron chi connectivity index (χ2n) is 5.28. The average Bonchev–Trinajstić information content (AvgIpc) is 2.49. The van der Waals surface area contributed by atoms with Crippen LogP contribution in [-0.4, -0.2) is 36.9 Å². The van der Waals surface area contributed by atoms with E-state index in [-0.39, 0.29) is 24.6 Å². The Morgan fingerprint density at radius 2 is 2.14 bits per heavy atom. The Kier molecular flexibility index (Phi) is 8.06. The Morgan fingerprint density at radius 3 is 2.77 bits per heavy atom. The van der Waals surface area contributed by atoms with Crippen LogP contribution in [0.5, 0.6) is 5.75 Å². The number of hydrogen-bond acceptors (Lipinski definition) is 3. The van der Waals surface area contributed by atoms with Crippen molar-refractivity contribution in [2.24, 2.45) is 5.92 Å². The summed E-state index contributed by atoms with van der Waals surface area (Å²) in [6.45, 7) is 6.77. The number of halogens is 1. The van der Waals surface area contributed by atoms with Gasteiger partial charge < -0.3 is 20.5 Å². The highest BCUT2D eigenvalue weighted by Gasteiger charge is 2.13. The quantitative estimate of drug-likeness (QED) is 0.687. The first-order valence-electron chi connectivity index (χ1n) is 7.54. The summed E-state index contributed by atoms with van der Waals surface area (Å²) in [7, 11) is 0. The summed E-state index contributed by atoms with van der Waals surface area (Å²) in [5.74, 6) is 0.805. The summed E-state index contributed by atoms with van der Waals surface area (Å²) in [6.07, 6.45) is 0.632. The molecule has 0 aromatic heterocycles. The third kappa shape index (κ3) is 6.12. The molecule has 0 fully saturated rings. The number of ether oxygens (including phenoxy) is 1. The minimum absolute atomic E-state index is 0.0169. The monoisotopic (exact) mass is 328 g/mol. The molecule has 0 saturated carbocycles. The highest BCUT2D eigenvalue weighted by molar-refractivity contribution is 6.30. The van der Waals surface area contributed by atoms with Gasteiger partial charge in [0.05, 0.1) is 6.61 Å². The Bertz CT molecular complexity index is 482. The number of aliphatic hydroxyl groups excluding tert-OH is 1. The van der Waals surface area contributed by atoms with Crippen molar-refractivity contribution >= 4 is 17.6 Å². The lowest BCUT2D eigenvalue weighted by Gasteiger charge is -2.19. The van der Waals surface area contributed by atoms with E-state index in [2.05, 4.69) is 10.6 Å². The maximum Gasteiger partial charge on any atom is 0.315 e. The van der Waals surface area contributed by atoms with E-state index in [1.54, 1.807) is 6.07 Å². The van der Waals surface area contributed by atoms with E-state index < -0.39 is 0 Å². The zero-order valence-electron chi connectivity index (χ0n) is 13.4. The van der Waals surface area contributed by atoms with Crippen molar-refractivity contribution in [3.8, 4) is 5.75 Å². The largest absolute Gasteiger partial charge is 0.494 e. The highest BCUT2D eigenvalue weighted by atomic mass is 35.5. The van der Waals surface area contributed by atoms with Crippen molar-refractivity contribution in [2.45, 2.75) is 33.2 Å². The minimum atomic E-state index is -0.243. The third-order valence-corrected chi connectivity index (χ3v) is 3.74. The fourth-order valence-corrected chi connectivity index (χ4v) is 2.10. The van der Waals surface area contributed by atoms with Gasteiger partial charge in [-0.1, -0.05) is 18.5 Å². The van der Waals surface area contributed by atoms with Crippen LogP contribution in [0.1, 0.15) is 26.3 Å². The van der Waals surface area contributed by atoms with Gasteiger partial charge in [0.25, 0.3) is 0 Å². The molecule has 3 N–H and O–H groups in total. The molecule has 0 bridgehead atoms. The number of amides is 2. The fraction of sp³-hybridized carbons (Fsp3) is 0.562. The first-order chi connectivity index (χ1) is 10.5. The second-order valence-corrected chi connectivity index (χ2v) is 5.72. The van der Waals surface area contributed by atoms with Crippen LogP contribution in [0.3, 0.4) is 0 Å². The van der Waals surface area contributed by atoms with Crippen LogP contribution in [0.4, 0.5) is 4.79 Å². The van der Waals surface area contributed by atoms with Gasteiger partial charge in [-0.2, -0.15) is 0 Å². The zero-order valence-corrected chi connectivity index (χ0v) is 14.1. The smallest absolute Gasteiger partial charge is 0.315 e. The van der Waals surface area contributed by atoms with Gasteiger partial charge in [-0.15, -0.1) is 0 Å². The molecule has 6 heteroatoms. The van der Waals surface area contributed by atoms with E-state index in [0.29, 0.717) is 24.6 Å². The lowest BCUT2D eigenvalue weighted by Crippen LogP contribution is -2.44. The molecule has 1 aromatic rings. The number of rotatable bonds is 8. The highest BCUT2D eigenvalue weighted by Crippen LogP contribution is 2.23. The summed E-state index contributed by atoms with van der Waals surface area (Å²) in [5.41, 5.74) is 0.964. The van der Waals surface area contributed by atoms with Gasteiger partial charge in [0.2, 0.25) is 0 Å². The molecular formula is C16H25ClN2O3. The minimum Gasteiger partial charge on any atom is -0.494 e. The van der Waals surface area contributed by atoms with Crippen LogP contribution in [0, 0.1) is 5.92 Å². The summed E-state index contributed by atoms with van der Waals surface area (Å²) in [6, 6.07) is 5.14. The number of hydrogen-bond donors (Lipinski definition) is 3. The molecule has 2 amide bonds. The number of urea groups is 1. The first kappa shape index (κ1) is 18.6. The number of carbonyl (C=O) groups is 1. The predicted octanol–water partition coefficient (Wildman–Crippen LogP) is 2.60. The van der Waals surface area contributed by atoms with Gasteiger partial charge >= 0.3 is 6.03 Å². The molecule has 0 heterocycles. The van der Waals surface area contributed by atoms with Crippen molar-refractivity contribution in [3.05, 3.63) is 28.8 Å². The van der Waals surface area contributed by atoms with E-state index in [1.165, 1.54) is 0 Å². The van der Waals surface area contributed by atoms with E-state index >= 15 is 0 Å². The second kappa shape index (κ2) is 9.54. The van der Waals surface area contributed by atoms with E-state index in [1.807, 2.05) is 32.9 Å². The topological polar surface area (TPSA) is 70.6 Å². The normalized spacial score (nSPS) is 13.3. The number of carbonyl (C=O) groups excluding carboxylic acids is 1. The lowest BCUT2D eigenvalue weighted by atomic mass is 10.1. The fourth-order valence-electron chi connectivity index (χ4n) is 1.91. The van der Waals surface area contributed by atoms with Crippen molar-refractivity contribution in [2.75, 3.05) is 19.8 Å². The van der Waals surface area contributed by atoms with Gasteiger partial charge in [0, 0.05) is 24.2 Å². The molecular weight excluding hydrogens is 304 g/mol. The molecule has 124 valence electrons. The van der Waals surface area contributed by atoms with Crippen molar-refractivity contribution < 1.29 is 14.6 Å². The van der Waals surface area contributed by atoms with Gasteiger partial charge in [0.15, 0.2) is 0 Å². The van der Waals surface area contributed by atoms with Crippen LogP contribution in [0.15, 0.2) is 18.2 Å². The molecule has 2 unspecified atom stereocenters. The van der Waals surface area contributed by atoms with Crippen molar-refractivity contribution in [1.82, 2.24) is 10.6 Å². The standard InChI is InChI=1S/C16H25ClN2O3/c1-4-22-15-6-5-14(17)9-13(15)7-8-18-16(21)19-12(3)11(2)10-20/h5-6,9,11-12,20H,4,7-8,10H2,1-3H3,(H2,18,19,21). The molecule has 0 saturated heterocycles. The first-order valence-corrected chi connectivity index (χ1v) is 7.92. The summed E-state index contributed by atoms with van der Waals surface area (Å²) in [4.78, 5) is 11.8. The van der Waals surface area contributed by atoms with Gasteiger partial charge in [0.1, 0.15) is 5.75 Å². The van der Waals surface area contributed by atoms with Crippen LogP contribution >= 0.6 is 11.6 Å². The van der Waals surface area contributed by atoms with Crippen molar-refractivity contribution in [1.29, 1.82) is 0 Å². The van der Waals surface area contributed by atoms with Crippen LogP contribution in [-0.2, 0) is 6.42 Å². The summed E-state index contributed by atoms with van der Waals surface area (Å²) >= 11 is 6.00. The summed E-state index contributed by atoms with van der Waals surface area (Å²) in [5, 5.41) is 15.3. The van der Waals surface area contributed by atoms with E-state index in [0.717, 1.165) is 11.3 Å². The van der Waals surface area contributed by atoms with E-state index in [4.69, 9.17) is 21.4 Å². The molecule has 1 aromatic carbocycles. The van der Waals surface area contributed by atoms with Gasteiger partial charge in [-0.05, 0) is 49.9 Å². The Labute approximate surface area is 137 Å². The number of benzene rings is 1. The van der Waals surface area contributed by atoms with Gasteiger partial charge in [-0.3, -0.25) is 0 Å². The molecule has 0 aliphatic rings. The molecule has 0 spiro atoms. The van der Waals surface area contributed by atoms with Crippen LogP contribution < -0.4 is 15.4 Å². The average molecular weight is 329 g/mol.